The Balaban J connectivity index is 2.18. The van der Waals surface area contributed by atoms with Gasteiger partial charge in [0.15, 0.2) is 15.4 Å². The van der Waals surface area contributed by atoms with E-state index in [0.717, 1.165) is 0 Å². The number of rotatable bonds is 0. The van der Waals surface area contributed by atoms with Gasteiger partial charge in [-0.15, -0.1) is 0 Å². The van der Waals surface area contributed by atoms with Crippen LogP contribution in [0, 0.1) is 0 Å². The van der Waals surface area contributed by atoms with E-state index in [4.69, 9.17) is 4.74 Å². The van der Waals surface area contributed by atoms with Gasteiger partial charge in [-0.3, -0.25) is 4.79 Å². The predicted molar refractivity (Wildman–Crippen MR) is 45.9 cm³/mol. The van der Waals surface area contributed by atoms with Crippen molar-refractivity contribution in [2.45, 2.75) is 18.4 Å². The third kappa shape index (κ3) is 1.37. The Kier molecular flexibility index (Phi) is 1.73. The van der Waals surface area contributed by atoms with E-state index in [1.165, 1.54) is 12.3 Å². The molecule has 0 aliphatic carbocycles. The van der Waals surface area contributed by atoms with Crippen molar-refractivity contribution in [2.75, 3.05) is 11.5 Å². The molecule has 0 aromatic carbocycles. The van der Waals surface area contributed by atoms with Gasteiger partial charge in [0, 0.05) is 18.9 Å². The first-order valence-corrected chi connectivity index (χ1v) is 5.96. The molecule has 1 fully saturated rings. The van der Waals surface area contributed by atoms with Gasteiger partial charge in [-0.2, -0.15) is 0 Å². The highest BCUT2D eigenvalue weighted by Gasteiger charge is 2.45. The van der Waals surface area contributed by atoms with Crippen LogP contribution in [-0.2, 0) is 19.4 Å². The molecule has 0 radical (unpaired) electrons. The first-order valence-electron chi connectivity index (χ1n) is 4.13. The second kappa shape index (κ2) is 2.57. The van der Waals surface area contributed by atoms with Crippen molar-refractivity contribution in [3.63, 3.8) is 0 Å². The van der Waals surface area contributed by atoms with E-state index >= 15 is 0 Å². The standard InChI is InChI=1S/C8H10O4S/c9-7-1-4-12-8(7)2-5-13(10,11)6-3-8/h1,4H,2-3,5-6H2. The fourth-order valence-electron chi connectivity index (χ4n) is 1.67. The van der Waals surface area contributed by atoms with Crippen LogP contribution in [0.1, 0.15) is 12.8 Å². The van der Waals surface area contributed by atoms with Crippen molar-refractivity contribution in [2.24, 2.45) is 0 Å². The molecule has 2 aliphatic heterocycles. The first-order chi connectivity index (χ1) is 6.04. The lowest BCUT2D eigenvalue weighted by Gasteiger charge is -2.30. The van der Waals surface area contributed by atoms with Crippen LogP contribution in [0.2, 0.25) is 0 Å². The molecule has 2 heterocycles. The number of hydrogen-bond donors (Lipinski definition) is 0. The maximum absolute atomic E-state index is 11.4. The molecule has 0 aromatic rings. The second-order valence-electron chi connectivity index (χ2n) is 3.43. The number of ketones is 1. The molecular weight excluding hydrogens is 192 g/mol. The molecule has 0 atom stereocenters. The minimum absolute atomic E-state index is 0.0560. The molecule has 72 valence electrons. The molecule has 0 bridgehead atoms. The largest absolute Gasteiger partial charge is 0.487 e. The fraction of sp³-hybridized carbons (Fsp3) is 0.625. The Morgan fingerprint density at radius 3 is 2.38 bits per heavy atom. The zero-order valence-corrected chi connectivity index (χ0v) is 7.84. The average Bonchev–Trinajstić information content (AvgIpc) is 2.41. The monoisotopic (exact) mass is 202 g/mol. The zero-order valence-electron chi connectivity index (χ0n) is 7.02. The number of carbonyl (C=O) groups excluding carboxylic acids is 1. The van der Waals surface area contributed by atoms with Gasteiger partial charge in [0.05, 0.1) is 17.8 Å². The Morgan fingerprint density at radius 2 is 1.92 bits per heavy atom. The molecule has 4 nitrogen and oxygen atoms in total. The molecule has 0 amide bonds. The van der Waals surface area contributed by atoms with E-state index in [9.17, 15) is 13.2 Å². The van der Waals surface area contributed by atoms with Crippen molar-refractivity contribution in [3.05, 3.63) is 12.3 Å². The van der Waals surface area contributed by atoms with Crippen molar-refractivity contribution in [1.29, 1.82) is 0 Å². The van der Waals surface area contributed by atoms with Crippen molar-refractivity contribution in [1.82, 2.24) is 0 Å². The molecule has 1 spiro atoms. The van der Waals surface area contributed by atoms with Crippen molar-refractivity contribution >= 4 is 15.6 Å². The van der Waals surface area contributed by atoms with E-state index < -0.39 is 15.4 Å². The van der Waals surface area contributed by atoms with Crippen LogP contribution in [0.4, 0.5) is 0 Å². The normalized spacial score (nSPS) is 29.1. The molecule has 5 heteroatoms. The lowest BCUT2D eigenvalue weighted by atomic mass is 9.93. The van der Waals surface area contributed by atoms with Crippen LogP contribution >= 0.6 is 0 Å². The van der Waals surface area contributed by atoms with E-state index in [-0.39, 0.29) is 17.3 Å². The van der Waals surface area contributed by atoms with Crippen molar-refractivity contribution in [3.8, 4) is 0 Å². The van der Waals surface area contributed by atoms with Gasteiger partial charge in [0.25, 0.3) is 0 Å². The van der Waals surface area contributed by atoms with Gasteiger partial charge in [-0.05, 0) is 0 Å². The molecular formula is C8H10O4S. The molecule has 0 unspecified atom stereocenters. The van der Waals surface area contributed by atoms with Gasteiger partial charge in [0.1, 0.15) is 0 Å². The Bertz CT molecular complexity index is 352. The molecule has 0 saturated carbocycles. The maximum Gasteiger partial charge on any atom is 0.202 e. The van der Waals surface area contributed by atoms with Crippen LogP contribution in [-0.4, -0.2) is 31.3 Å². The Labute approximate surface area is 76.5 Å². The second-order valence-corrected chi connectivity index (χ2v) is 5.73. The SMILES string of the molecule is O=C1C=COC12CCS(=O)(=O)CC2. The van der Waals surface area contributed by atoms with Gasteiger partial charge in [0.2, 0.25) is 5.78 Å². The topological polar surface area (TPSA) is 60.4 Å². The summed E-state index contributed by atoms with van der Waals surface area (Å²) in [6.45, 7) is 0. The Morgan fingerprint density at radius 1 is 1.31 bits per heavy atom. The van der Waals surface area contributed by atoms with Gasteiger partial charge in [-0.25, -0.2) is 8.42 Å². The number of ether oxygens (including phenoxy) is 1. The molecule has 1 saturated heterocycles. The third-order valence-corrected chi connectivity index (χ3v) is 4.25. The highest BCUT2D eigenvalue weighted by Crippen LogP contribution is 2.32. The third-order valence-electron chi connectivity index (χ3n) is 2.60. The lowest BCUT2D eigenvalue weighted by molar-refractivity contribution is -0.129. The summed E-state index contributed by atoms with van der Waals surface area (Å²) in [4.78, 5) is 11.4. The van der Waals surface area contributed by atoms with E-state index in [2.05, 4.69) is 0 Å². The predicted octanol–water partition coefficient (Wildman–Crippen LogP) is 0.0468. The quantitative estimate of drug-likeness (QED) is 0.556. The minimum atomic E-state index is -2.93. The maximum atomic E-state index is 11.4. The van der Waals surface area contributed by atoms with Crippen LogP contribution in [0.5, 0.6) is 0 Å². The van der Waals surface area contributed by atoms with Gasteiger partial charge < -0.3 is 4.74 Å². The van der Waals surface area contributed by atoms with E-state index in [1.54, 1.807) is 0 Å². The van der Waals surface area contributed by atoms with Crippen LogP contribution < -0.4 is 0 Å². The first kappa shape index (κ1) is 8.74. The zero-order chi connectivity index (χ0) is 9.53. The number of hydrogen-bond acceptors (Lipinski definition) is 4. The lowest BCUT2D eigenvalue weighted by Crippen LogP contribution is -2.44. The molecule has 2 aliphatic rings. The fourth-order valence-corrected chi connectivity index (χ4v) is 3.15. The number of sulfone groups is 1. The summed E-state index contributed by atoms with van der Waals surface area (Å²) in [5.41, 5.74) is -0.842. The van der Waals surface area contributed by atoms with E-state index in [0.29, 0.717) is 12.8 Å². The summed E-state index contributed by atoms with van der Waals surface area (Å²) in [7, 11) is -2.93. The number of carbonyl (C=O) groups is 1. The summed E-state index contributed by atoms with van der Waals surface area (Å²) in [5.74, 6) is 0.0169. The van der Waals surface area contributed by atoms with Gasteiger partial charge in [-0.1, -0.05) is 0 Å². The molecule has 2 rings (SSSR count). The summed E-state index contributed by atoms with van der Waals surface area (Å²) >= 11 is 0. The Hall–Kier alpha value is -0.840. The smallest absolute Gasteiger partial charge is 0.202 e. The van der Waals surface area contributed by atoms with E-state index in [1.807, 2.05) is 0 Å². The molecule has 13 heavy (non-hydrogen) atoms. The molecule has 0 N–H and O–H groups in total. The summed E-state index contributed by atoms with van der Waals surface area (Å²) < 4.78 is 27.4. The average molecular weight is 202 g/mol. The van der Waals surface area contributed by atoms with Crippen LogP contribution in [0.15, 0.2) is 12.3 Å². The van der Waals surface area contributed by atoms with Crippen LogP contribution in [0.3, 0.4) is 0 Å². The highest BCUT2D eigenvalue weighted by molar-refractivity contribution is 7.91. The van der Waals surface area contributed by atoms with Crippen molar-refractivity contribution < 1.29 is 17.9 Å². The van der Waals surface area contributed by atoms with Gasteiger partial charge >= 0.3 is 0 Å². The molecule has 0 aromatic heterocycles. The van der Waals surface area contributed by atoms with Crippen LogP contribution in [0.25, 0.3) is 0 Å². The highest BCUT2D eigenvalue weighted by atomic mass is 32.2. The summed E-state index contributed by atoms with van der Waals surface area (Å²) in [6.07, 6.45) is 3.32. The summed E-state index contributed by atoms with van der Waals surface area (Å²) in [6, 6.07) is 0. The minimum Gasteiger partial charge on any atom is -0.487 e. The summed E-state index contributed by atoms with van der Waals surface area (Å²) in [5, 5.41) is 0.